The van der Waals surface area contributed by atoms with Crippen LogP contribution in [0.5, 0.6) is 5.75 Å². The summed E-state index contributed by atoms with van der Waals surface area (Å²) in [4.78, 5) is 0. The average molecular weight is 277 g/mol. The highest BCUT2D eigenvalue weighted by Crippen LogP contribution is 2.23. The molecular formula is C16H17F2NO. The SMILES string of the molecule is COc1ccc(CC(N)c2cc(F)ccc2C)cc1F. The zero-order valence-electron chi connectivity index (χ0n) is 11.5. The lowest BCUT2D eigenvalue weighted by atomic mass is 9.96. The van der Waals surface area contributed by atoms with Crippen molar-refractivity contribution in [1.82, 2.24) is 0 Å². The van der Waals surface area contributed by atoms with E-state index in [4.69, 9.17) is 10.5 Å². The van der Waals surface area contributed by atoms with Crippen LogP contribution >= 0.6 is 0 Å². The second kappa shape index (κ2) is 6.01. The fraction of sp³-hybridized carbons (Fsp3) is 0.250. The third-order valence-corrected chi connectivity index (χ3v) is 3.31. The summed E-state index contributed by atoms with van der Waals surface area (Å²) >= 11 is 0. The molecule has 0 bridgehead atoms. The Morgan fingerprint density at radius 3 is 2.55 bits per heavy atom. The summed E-state index contributed by atoms with van der Waals surface area (Å²) in [7, 11) is 1.42. The van der Waals surface area contributed by atoms with Crippen molar-refractivity contribution < 1.29 is 13.5 Å². The van der Waals surface area contributed by atoms with Crippen LogP contribution in [0.4, 0.5) is 8.78 Å². The van der Waals surface area contributed by atoms with Crippen LogP contribution < -0.4 is 10.5 Å². The summed E-state index contributed by atoms with van der Waals surface area (Å²) in [6.45, 7) is 1.88. The summed E-state index contributed by atoms with van der Waals surface area (Å²) in [6.07, 6.45) is 0.436. The van der Waals surface area contributed by atoms with Crippen LogP contribution in [0, 0.1) is 18.6 Å². The van der Waals surface area contributed by atoms with Gasteiger partial charge in [0, 0.05) is 6.04 Å². The van der Waals surface area contributed by atoms with E-state index in [-0.39, 0.29) is 17.6 Å². The Morgan fingerprint density at radius 2 is 1.90 bits per heavy atom. The fourth-order valence-electron chi connectivity index (χ4n) is 2.21. The molecule has 2 aromatic carbocycles. The molecule has 0 spiro atoms. The van der Waals surface area contributed by atoms with Crippen molar-refractivity contribution in [2.24, 2.45) is 5.73 Å². The number of hydrogen-bond donors (Lipinski definition) is 1. The van der Waals surface area contributed by atoms with Gasteiger partial charge in [0.15, 0.2) is 11.6 Å². The summed E-state index contributed by atoms with van der Waals surface area (Å²) in [5.41, 5.74) is 8.51. The number of aryl methyl sites for hydroxylation is 1. The predicted octanol–water partition coefficient (Wildman–Crippen LogP) is 3.52. The van der Waals surface area contributed by atoms with Crippen LogP contribution in [0.3, 0.4) is 0 Å². The largest absolute Gasteiger partial charge is 0.494 e. The van der Waals surface area contributed by atoms with Gasteiger partial charge in [-0.3, -0.25) is 0 Å². The Balaban J connectivity index is 2.21. The zero-order valence-corrected chi connectivity index (χ0v) is 11.5. The maximum absolute atomic E-state index is 13.6. The maximum Gasteiger partial charge on any atom is 0.165 e. The topological polar surface area (TPSA) is 35.2 Å². The molecule has 0 aliphatic heterocycles. The first kappa shape index (κ1) is 14.5. The molecule has 0 saturated carbocycles. The Hall–Kier alpha value is -1.94. The highest BCUT2D eigenvalue weighted by molar-refractivity contribution is 5.33. The minimum Gasteiger partial charge on any atom is -0.494 e. The third-order valence-electron chi connectivity index (χ3n) is 3.31. The number of methoxy groups -OCH3 is 1. The quantitative estimate of drug-likeness (QED) is 0.928. The van der Waals surface area contributed by atoms with Crippen LogP contribution in [0.2, 0.25) is 0 Å². The smallest absolute Gasteiger partial charge is 0.165 e. The normalized spacial score (nSPS) is 12.2. The van der Waals surface area contributed by atoms with E-state index in [0.29, 0.717) is 6.42 Å². The molecule has 0 heterocycles. The summed E-state index contributed by atoms with van der Waals surface area (Å²) in [6, 6.07) is 8.87. The first-order valence-electron chi connectivity index (χ1n) is 6.35. The van der Waals surface area contributed by atoms with Crippen LogP contribution in [-0.2, 0) is 6.42 Å². The highest BCUT2D eigenvalue weighted by atomic mass is 19.1. The molecular weight excluding hydrogens is 260 g/mol. The fourth-order valence-corrected chi connectivity index (χ4v) is 2.21. The molecule has 0 saturated heterocycles. The van der Waals surface area contributed by atoms with Gasteiger partial charge in [-0.25, -0.2) is 8.78 Å². The van der Waals surface area contributed by atoms with Gasteiger partial charge in [0.25, 0.3) is 0 Å². The summed E-state index contributed by atoms with van der Waals surface area (Å²) < 4.78 is 31.8. The lowest BCUT2D eigenvalue weighted by Crippen LogP contribution is -2.15. The van der Waals surface area contributed by atoms with Gasteiger partial charge in [-0.2, -0.15) is 0 Å². The van der Waals surface area contributed by atoms with E-state index in [9.17, 15) is 8.78 Å². The van der Waals surface area contributed by atoms with Crippen molar-refractivity contribution in [2.75, 3.05) is 7.11 Å². The minimum atomic E-state index is -0.423. The highest BCUT2D eigenvalue weighted by Gasteiger charge is 2.12. The molecule has 2 aromatic rings. The van der Waals surface area contributed by atoms with Crippen LogP contribution in [-0.4, -0.2) is 7.11 Å². The van der Waals surface area contributed by atoms with Crippen LogP contribution in [0.1, 0.15) is 22.7 Å². The number of benzene rings is 2. The average Bonchev–Trinajstić information content (AvgIpc) is 2.41. The van der Waals surface area contributed by atoms with Gasteiger partial charge >= 0.3 is 0 Å². The second-order valence-corrected chi connectivity index (χ2v) is 4.78. The molecule has 2 nitrogen and oxygen atoms in total. The number of ether oxygens (including phenoxy) is 1. The first-order chi connectivity index (χ1) is 9.51. The molecule has 1 atom stereocenters. The van der Waals surface area contributed by atoms with E-state index in [2.05, 4.69) is 0 Å². The molecule has 106 valence electrons. The van der Waals surface area contributed by atoms with Crippen molar-refractivity contribution in [2.45, 2.75) is 19.4 Å². The Labute approximate surface area is 117 Å². The Bertz CT molecular complexity index is 613. The van der Waals surface area contributed by atoms with E-state index in [1.165, 1.54) is 25.3 Å². The van der Waals surface area contributed by atoms with Crippen molar-refractivity contribution in [3.8, 4) is 5.75 Å². The van der Waals surface area contributed by atoms with Crippen molar-refractivity contribution in [1.29, 1.82) is 0 Å². The molecule has 0 radical (unpaired) electrons. The van der Waals surface area contributed by atoms with E-state index in [0.717, 1.165) is 16.7 Å². The first-order valence-corrected chi connectivity index (χ1v) is 6.35. The van der Waals surface area contributed by atoms with Gasteiger partial charge in [-0.1, -0.05) is 12.1 Å². The molecule has 20 heavy (non-hydrogen) atoms. The molecule has 0 amide bonds. The predicted molar refractivity (Wildman–Crippen MR) is 74.7 cm³/mol. The number of hydrogen-bond acceptors (Lipinski definition) is 2. The second-order valence-electron chi connectivity index (χ2n) is 4.78. The van der Waals surface area contributed by atoms with Gasteiger partial charge in [-0.15, -0.1) is 0 Å². The van der Waals surface area contributed by atoms with E-state index in [1.54, 1.807) is 18.2 Å². The maximum atomic E-state index is 13.6. The monoisotopic (exact) mass is 277 g/mol. The van der Waals surface area contributed by atoms with Gasteiger partial charge in [-0.05, 0) is 54.3 Å². The molecule has 2 rings (SSSR count). The van der Waals surface area contributed by atoms with Gasteiger partial charge in [0.2, 0.25) is 0 Å². The molecule has 2 N–H and O–H groups in total. The van der Waals surface area contributed by atoms with Crippen LogP contribution in [0.15, 0.2) is 36.4 Å². The molecule has 1 unspecified atom stereocenters. The Morgan fingerprint density at radius 1 is 1.15 bits per heavy atom. The van der Waals surface area contributed by atoms with Crippen molar-refractivity contribution in [3.63, 3.8) is 0 Å². The zero-order chi connectivity index (χ0) is 14.7. The van der Waals surface area contributed by atoms with Crippen molar-refractivity contribution >= 4 is 0 Å². The molecule has 0 aromatic heterocycles. The molecule has 0 aliphatic carbocycles. The van der Waals surface area contributed by atoms with E-state index < -0.39 is 5.82 Å². The Kier molecular flexibility index (Phi) is 4.35. The minimum absolute atomic E-state index is 0.198. The molecule has 0 fully saturated rings. The van der Waals surface area contributed by atoms with Crippen molar-refractivity contribution in [3.05, 3.63) is 64.7 Å². The molecule has 0 aliphatic rings. The standard InChI is InChI=1S/C16H17F2NO/c1-10-3-5-12(17)9-13(10)15(19)8-11-4-6-16(20-2)14(18)7-11/h3-7,9,15H,8,19H2,1-2H3. The third kappa shape index (κ3) is 3.14. The van der Waals surface area contributed by atoms with E-state index in [1.807, 2.05) is 6.92 Å². The summed E-state index contributed by atoms with van der Waals surface area (Å²) in [5.74, 6) is -0.542. The van der Waals surface area contributed by atoms with Gasteiger partial charge < -0.3 is 10.5 Å². The summed E-state index contributed by atoms with van der Waals surface area (Å²) in [5, 5.41) is 0. The number of rotatable bonds is 4. The molecule has 4 heteroatoms. The van der Waals surface area contributed by atoms with Crippen LogP contribution in [0.25, 0.3) is 0 Å². The van der Waals surface area contributed by atoms with Gasteiger partial charge in [0.05, 0.1) is 7.11 Å². The number of nitrogens with two attached hydrogens (primary N) is 1. The lowest BCUT2D eigenvalue weighted by molar-refractivity contribution is 0.386. The lowest BCUT2D eigenvalue weighted by Gasteiger charge is -2.15. The van der Waals surface area contributed by atoms with E-state index >= 15 is 0 Å². The number of halogens is 2. The van der Waals surface area contributed by atoms with Gasteiger partial charge in [0.1, 0.15) is 5.82 Å².